The number of carbonyl (C=O) groups is 1. The van der Waals surface area contributed by atoms with Crippen molar-refractivity contribution in [2.45, 2.75) is 31.2 Å². The van der Waals surface area contributed by atoms with Crippen LogP contribution >= 0.6 is 0 Å². The van der Waals surface area contributed by atoms with Crippen molar-refractivity contribution in [3.8, 4) is 11.5 Å². The summed E-state index contributed by atoms with van der Waals surface area (Å²) in [7, 11) is -0.598. The SMILES string of the molecule is CCOc1ccc(OCCCC(=O)NCc2ccccc2S(=O)(=O)N(C)C)cc1. The monoisotopic (exact) mass is 420 g/mol. The van der Waals surface area contributed by atoms with Crippen molar-refractivity contribution in [1.29, 1.82) is 0 Å². The molecule has 1 N–H and O–H groups in total. The van der Waals surface area contributed by atoms with Gasteiger partial charge in [-0.1, -0.05) is 18.2 Å². The van der Waals surface area contributed by atoms with Crippen LogP contribution in [0.4, 0.5) is 0 Å². The van der Waals surface area contributed by atoms with Crippen LogP contribution in [0.3, 0.4) is 0 Å². The summed E-state index contributed by atoms with van der Waals surface area (Å²) in [6.07, 6.45) is 0.844. The smallest absolute Gasteiger partial charge is 0.242 e. The fraction of sp³-hybridized carbons (Fsp3) is 0.381. The summed E-state index contributed by atoms with van der Waals surface area (Å²) in [5.41, 5.74) is 0.556. The van der Waals surface area contributed by atoms with Gasteiger partial charge in [0.15, 0.2) is 0 Å². The van der Waals surface area contributed by atoms with E-state index in [0.717, 1.165) is 15.8 Å². The van der Waals surface area contributed by atoms with E-state index in [0.29, 0.717) is 31.6 Å². The molecular weight excluding hydrogens is 392 g/mol. The highest BCUT2D eigenvalue weighted by Crippen LogP contribution is 2.19. The van der Waals surface area contributed by atoms with Crippen LogP contribution in [0.1, 0.15) is 25.3 Å². The Morgan fingerprint density at radius 1 is 1.00 bits per heavy atom. The summed E-state index contributed by atoms with van der Waals surface area (Å²) in [6, 6.07) is 14.0. The van der Waals surface area contributed by atoms with Crippen molar-refractivity contribution in [2.75, 3.05) is 27.3 Å². The number of benzene rings is 2. The van der Waals surface area contributed by atoms with Gasteiger partial charge in [0.25, 0.3) is 0 Å². The summed E-state index contributed by atoms with van der Waals surface area (Å²) < 4.78 is 36.9. The van der Waals surface area contributed by atoms with Gasteiger partial charge in [-0.25, -0.2) is 12.7 Å². The zero-order valence-corrected chi connectivity index (χ0v) is 17.9. The van der Waals surface area contributed by atoms with Crippen LogP contribution in [0.2, 0.25) is 0 Å². The number of nitrogens with one attached hydrogen (secondary N) is 1. The van der Waals surface area contributed by atoms with E-state index in [-0.39, 0.29) is 17.3 Å². The predicted octanol–water partition coefficient (Wildman–Crippen LogP) is 2.81. The number of hydrogen-bond donors (Lipinski definition) is 1. The van der Waals surface area contributed by atoms with E-state index in [1.54, 1.807) is 24.3 Å². The van der Waals surface area contributed by atoms with Gasteiger partial charge in [0.2, 0.25) is 15.9 Å². The van der Waals surface area contributed by atoms with Gasteiger partial charge < -0.3 is 14.8 Å². The maximum absolute atomic E-state index is 12.4. The van der Waals surface area contributed by atoms with Gasteiger partial charge in [-0.3, -0.25) is 4.79 Å². The molecule has 0 unspecified atom stereocenters. The van der Waals surface area contributed by atoms with Crippen molar-refractivity contribution in [1.82, 2.24) is 9.62 Å². The van der Waals surface area contributed by atoms with E-state index in [1.807, 2.05) is 31.2 Å². The van der Waals surface area contributed by atoms with Gasteiger partial charge in [0.05, 0.1) is 18.1 Å². The number of amides is 1. The maximum Gasteiger partial charge on any atom is 0.242 e. The highest BCUT2D eigenvalue weighted by Gasteiger charge is 2.20. The Labute approximate surface area is 172 Å². The highest BCUT2D eigenvalue weighted by molar-refractivity contribution is 7.89. The fourth-order valence-corrected chi connectivity index (χ4v) is 3.72. The fourth-order valence-electron chi connectivity index (χ4n) is 2.60. The molecule has 0 bridgehead atoms. The molecule has 2 aromatic carbocycles. The predicted molar refractivity (Wildman–Crippen MR) is 112 cm³/mol. The van der Waals surface area contributed by atoms with Crippen molar-refractivity contribution >= 4 is 15.9 Å². The minimum Gasteiger partial charge on any atom is -0.494 e. The molecule has 0 radical (unpaired) electrons. The van der Waals surface area contributed by atoms with Gasteiger partial charge in [-0.2, -0.15) is 0 Å². The van der Waals surface area contributed by atoms with Gasteiger partial charge in [0.1, 0.15) is 11.5 Å². The molecule has 1 amide bonds. The molecule has 158 valence electrons. The molecule has 0 aliphatic carbocycles. The third kappa shape index (κ3) is 6.76. The molecular formula is C21H28N2O5S. The first-order chi connectivity index (χ1) is 13.8. The lowest BCUT2D eigenvalue weighted by Crippen LogP contribution is -2.27. The molecule has 0 atom stereocenters. The second-order valence-corrected chi connectivity index (χ2v) is 8.65. The molecule has 0 heterocycles. The lowest BCUT2D eigenvalue weighted by atomic mass is 10.2. The molecule has 0 saturated carbocycles. The third-order valence-electron chi connectivity index (χ3n) is 4.16. The minimum absolute atomic E-state index is 0.155. The van der Waals surface area contributed by atoms with Crippen LogP contribution in [0, 0.1) is 0 Å². The van der Waals surface area contributed by atoms with Gasteiger partial charge in [0, 0.05) is 27.1 Å². The Kier molecular flexibility index (Phi) is 8.48. The Bertz CT molecular complexity index is 896. The molecule has 0 aromatic heterocycles. The van der Waals surface area contributed by atoms with E-state index < -0.39 is 10.0 Å². The van der Waals surface area contributed by atoms with Gasteiger partial charge in [-0.15, -0.1) is 0 Å². The van der Waals surface area contributed by atoms with Crippen LogP contribution in [0.15, 0.2) is 53.4 Å². The Morgan fingerprint density at radius 2 is 1.62 bits per heavy atom. The van der Waals surface area contributed by atoms with E-state index in [2.05, 4.69) is 5.32 Å². The molecule has 0 saturated heterocycles. The number of carbonyl (C=O) groups excluding carboxylic acids is 1. The number of hydrogen-bond acceptors (Lipinski definition) is 5. The molecule has 8 heteroatoms. The third-order valence-corrected chi connectivity index (χ3v) is 6.07. The molecule has 0 aliphatic rings. The summed E-state index contributed by atoms with van der Waals surface area (Å²) in [5, 5.41) is 2.78. The summed E-state index contributed by atoms with van der Waals surface area (Å²) >= 11 is 0. The van der Waals surface area contributed by atoms with E-state index in [1.165, 1.54) is 14.1 Å². The van der Waals surface area contributed by atoms with Crippen molar-refractivity contribution in [2.24, 2.45) is 0 Å². The number of rotatable bonds is 11. The molecule has 0 spiro atoms. The highest BCUT2D eigenvalue weighted by atomic mass is 32.2. The Hall–Kier alpha value is -2.58. The van der Waals surface area contributed by atoms with E-state index >= 15 is 0 Å². The van der Waals surface area contributed by atoms with Gasteiger partial charge >= 0.3 is 0 Å². The molecule has 2 aromatic rings. The Morgan fingerprint density at radius 3 is 2.24 bits per heavy atom. The maximum atomic E-state index is 12.4. The van der Waals surface area contributed by atoms with E-state index in [9.17, 15) is 13.2 Å². The average molecular weight is 421 g/mol. The van der Waals surface area contributed by atoms with E-state index in [4.69, 9.17) is 9.47 Å². The summed E-state index contributed by atoms with van der Waals surface area (Å²) in [4.78, 5) is 12.3. The largest absolute Gasteiger partial charge is 0.494 e. The topological polar surface area (TPSA) is 84.9 Å². The summed E-state index contributed by atoms with van der Waals surface area (Å²) in [6.45, 7) is 3.10. The zero-order valence-electron chi connectivity index (χ0n) is 17.1. The lowest BCUT2D eigenvalue weighted by molar-refractivity contribution is -0.121. The standard InChI is InChI=1S/C21H28N2O5S/c1-4-27-18-11-13-19(14-12-18)28-15-7-10-21(24)22-16-17-8-5-6-9-20(17)29(25,26)23(2)3/h5-6,8-9,11-14H,4,7,10,15-16H2,1-3H3,(H,22,24). The number of ether oxygens (including phenoxy) is 2. The first-order valence-electron chi connectivity index (χ1n) is 9.47. The quantitative estimate of drug-likeness (QED) is 0.565. The van der Waals surface area contributed by atoms with Crippen molar-refractivity contribution < 1.29 is 22.7 Å². The number of nitrogens with zero attached hydrogens (tertiary/aromatic N) is 1. The molecule has 7 nitrogen and oxygen atoms in total. The molecule has 29 heavy (non-hydrogen) atoms. The minimum atomic E-state index is -3.56. The zero-order chi connectivity index (χ0) is 21.3. The normalized spacial score (nSPS) is 11.3. The molecule has 0 aliphatic heterocycles. The molecule has 0 fully saturated rings. The second kappa shape index (κ2) is 10.8. The first-order valence-corrected chi connectivity index (χ1v) is 10.9. The summed E-state index contributed by atoms with van der Waals surface area (Å²) in [5.74, 6) is 1.35. The van der Waals surface area contributed by atoms with Crippen LogP contribution in [0.25, 0.3) is 0 Å². The number of sulfonamides is 1. The lowest BCUT2D eigenvalue weighted by Gasteiger charge is -2.15. The van der Waals surface area contributed by atoms with Crippen molar-refractivity contribution in [3.05, 3.63) is 54.1 Å². The van der Waals surface area contributed by atoms with Crippen LogP contribution < -0.4 is 14.8 Å². The average Bonchev–Trinajstić information content (AvgIpc) is 2.71. The second-order valence-electron chi connectivity index (χ2n) is 6.53. The Balaban J connectivity index is 1.78. The van der Waals surface area contributed by atoms with Crippen LogP contribution in [0.5, 0.6) is 11.5 Å². The van der Waals surface area contributed by atoms with Gasteiger partial charge in [-0.05, 0) is 49.2 Å². The van der Waals surface area contributed by atoms with Crippen molar-refractivity contribution in [3.63, 3.8) is 0 Å². The first kappa shape index (κ1) is 22.7. The van der Waals surface area contributed by atoms with Crippen LogP contribution in [-0.4, -0.2) is 45.9 Å². The van der Waals surface area contributed by atoms with Crippen LogP contribution in [-0.2, 0) is 21.4 Å². The molecule has 2 rings (SSSR count).